The van der Waals surface area contributed by atoms with Gasteiger partial charge < -0.3 is 19.6 Å². The van der Waals surface area contributed by atoms with Crippen LogP contribution in [0.3, 0.4) is 0 Å². The predicted octanol–water partition coefficient (Wildman–Crippen LogP) is 1.45. The SMILES string of the molecule is CC[C@H]1OC[C@H]2CN(C(=O)CN(C)C)CC[C@H]21.O=C(O)C(F)(F)F. The second kappa shape index (κ2) is 8.66. The summed E-state index contributed by atoms with van der Waals surface area (Å²) in [6.07, 6.45) is -2.43. The number of carbonyl (C=O) groups excluding carboxylic acids is 1. The molecule has 1 N–H and O–H groups in total. The van der Waals surface area contributed by atoms with Gasteiger partial charge in [0.15, 0.2) is 0 Å². The van der Waals surface area contributed by atoms with Crippen molar-refractivity contribution in [1.82, 2.24) is 9.80 Å². The van der Waals surface area contributed by atoms with E-state index in [0.29, 0.717) is 24.5 Å². The van der Waals surface area contributed by atoms with E-state index in [1.54, 1.807) is 0 Å². The highest BCUT2D eigenvalue weighted by atomic mass is 19.4. The lowest BCUT2D eigenvalue weighted by atomic mass is 9.83. The quantitative estimate of drug-likeness (QED) is 0.831. The summed E-state index contributed by atoms with van der Waals surface area (Å²) in [5.74, 6) is -1.25. The summed E-state index contributed by atoms with van der Waals surface area (Å²) < 4.78 is 37.5. The lowest BCUT2D eigenvalue weighted by Gasteiger charge is -2.36. The first-order valence-corrected chi connectivity index (χ1v) is 7.90. The number of alkyl halides is 3. The molecule has 2 aliphatic heterocycles. The van der Waals surface area contributed by atoms with Crippen LogP contribution in [0.4, 0.5) is 13.2 Å². The van der Waals surface area contributed by atoms with Gasteiger partial charge in [0.2, 0.25) is 5.91 Å². The van der Waals surface area contributed by atoms with Crippen molar-refractivity contribution in [2.75, 3.05) is 40.3 Å². The van der Waals surface area contributed by atoms with E-state index in [1.807, 2.05) is 23.9 Å². The fraction of sp³-hybridized carbons (Fsp3) is 0.867. The monoisotopic (exact) mass is 354 g/mol. The van der Waals surface area contributed by atoms with E-state index in [-0.39, 0.29) is 5.91 Å². The average Bonchev–Trinajstić information content (AvgIpc) is 2.88. The Morgan fingerprint density at radius 1 is 1.33 bits per heavy atom. The summed E-state index contributed by atoms with van der Waals surface area (Å²) in [5.41, 5.74) is 0. The van der Waals surface area contributed by atoms with Crippen molar-refractivity contribution in [3.63, 3.8) is 0 Å². The first-order valence-electron chi connectivity index (χ1n) is 7.90. The molecular weight excluding hydrogens is 329 g/mol. The van der Waals surface area contributed by atoms with Gasteiger partial charge in [-0.15, -0.1) is 0 Å². The molecule has 0 spiro atoms. The highest BCUT2D eigenvalue weighted by molar-refractivity contribution is 5.78. The second-order valence-corrected chi connectivity index (χ2v) is 6.37. The lowest BCUT2D eigenvalue weighted by Crippen LogP contribution is -2.47. The van der Waals surface area contributed by atoms with Gasteiger partial charge in [0.05, 0.1) is 19.3 Å². The minimum absolute atomic E-state index is 0.258. The fourth-order valence-electron chi connectivity index (χ4n) is 3.10. The van der Waals surface area contributed by atoms with Gasteiger partial charge in [0.1, 0.15) is 0 Å². The Labute approximate surface area is 139 Å². The van der Waals surface area contributed by atoms with Crippen molar-refractivity contribution in [2.45, 2.75) is 32.0 Å². The van der Waals surface area contributed by atoms with E-state index >= 15 is 0 Å². The number of rotatable bonds is 3. The number of carboxylic acids is 1. The molecule has 6 nitrogen and oxygen atoms in total. The Morgan fingerprint density at radius 3 is 2.38 bits per heavy atom. The van der Waals surface area contributed by atoms with Crippen LogP contribution in [0.2, 0.25) is 0 Å². The summed E-state index contributed by atoms with van der Waals surface area (Å²) in [6, 6.07) is 0. The molecule has 0 aliphatic carbocycles. The minimum atomic E-state index is -5.08. The Hall–Kier alpha value is -1.35. The van der Waals surface area contributed by atoms with Gasteiger partial charge in [-0.3, -0.25) is 4.79 Å². The number of piperidine rings is 1. The van der Waals surface area contributed by atoms with Gasteiger partial charge >= 0.3 is 12.1 Å². The smallest absolute Gasteiger partial charge is 0.475 e. The molecule has 0 saturated carbocycles. The van der Waals surface area contributed by atoms with Crippen LogP contribution in [0.5, 0.6) is 0 Å². The number of aliphatic carboxylic acids is 1. The van der Waals surface area contributed by atoms with Gasteiger partial charge in [-0.2, -0.15) is 13.2 Å². The zero-order chi connectivity index (χ0) is 18.5. The normalized spacial score (nSPS) is 26.6. The number of hydrogen-bond donors (Lipinski definition) is 1. The molecule has 140 valence electrons. The Bertz CT molecular complexity index is 443. The summed E-state index contributed by atoms with van der Waals surface area (Å²) in [6.45, 7) is 5.36. The fourth-order valence-corrected chi connectivity index (χ4v) is 3.10. The third-order valence-corrected chi connectivity index (χ3v) is 4.24. The van der Waals surface area contributed by atoms with E-state index in [2.05, 4.69) is 6.92 Å². The number of halogens is 3. The van der Waals surface area contributed by atoms with E-state index in [9.17, 15) is 18.0 Å². The van der Waals surface area contributed by atoms with Crippen molar-refractivity contribution in [3.05, 3.63) is 0 Å². The number of amides is 1. The van der Waals surface area contributed by atoms with Gasteiger partial charge in [0.25, 0.3) is 0 Å². The largest absolute Gasteiger partial charge is 0.490 e. The number of nitrogens with zero attached hydrogens (tertiary/aromatic N) is 2. The summed E-state index contributed by atoms with van der Waals surface area (Å²) >= 11 is 0. The number of likely N-dealkylation sites (tertiary alicyclic amines) is 1. The molecule has 0 radical (unpaired) electrons. The zero-order valence-corrected chi connectivity index (χ0v) is 14.2. The zero-order valence-electron chi connectivity index (χ0n) is 14.2. The third kappa shape index (κ3) is 5.94. The molecule has 0 aromatic carbocycles. The van der Waals surface area contributed by atoms with E-state index in [4.69, 9.17) is 14.6 Å². The second-order valence-electron chi connectivity index (χ2n) is 6.37. The average molecular weight is 354 g/mol. The summed E-state index contributed by atoms with van der Waals surface area (Å²) in [7, 11) is 3.88. The van der Waals surface area contributed by atoms with Crippen LogP contribution in [0.25, 0.3) is 0 Å². The number of carbonyl (C=O) groups is 2. The van der Waals surface area contributed by atoms with E-state index < -0.39 is 12.1 Å². The molecule has 0 aromatic rings. The van der Waals surface area contributed by atoms with Crippen molar-refractivity contribution < 1.29 is 32.6 Å². The molecule has 0 aromatic heterocycles. The maximum atomic E-state index is 12.0. The first-order chi connectivity index (χ1) is 11.1. The van der Waals surface area contributed by atoms with Gasteiger partial charge in [0, 0.05) is 19.0 Å². The predicted molar refractivity (Wildman–Crippen MR) is 80.5 cm³/mol. The molecule has 9 heteroatoms. The lowest BCUT2D eigenvalue weighted by molar-refractivity contribution is -0.192. The molecular formula is C15H25F3N2O4. The van der Waals surface area contributed by atoms with Crippen LogP contribution < -0.4 is 0 Å². The number of hydrogen-bond acceptors (Lipinski definition) is 4. The molecule has 2 heterocycles. The van der Waals surface area contributed by atoms with Crippen molar-refractivity contribution in [3.8, 4) is 0 Å². The number of likely N-dealkylation sites (N-methyl/N-ethyl adjacent to an activating group) is 1. The Morgan fingerprint density at radius 2 is 1.92 bits per heavy atom. The topological polar surface area (TPSA) is 70.1 Å². The maximum absolute atomic E-state index is 12.0. The number of ether oxygens (including phenoxy) is 1. The third-order valence-electron chi connectivity index (χ3n) is 4.24. The molecule has 2 aliphatic rings. The van der Waals surface area contributed by atoms with Gasteiger partial charge in [-0.1, -0.05) is 6.92 Å². The minimum Gasteiger partial charge on any atom is -0.475 e. The maximum Gasteiger partial charge on any atom is 0.490 e. The molecule has 24 heavy (non-hydrogen) atoms. The molecule has 1 amide bonds. The Balaban J connectivity index is 0.000000351. The summed E-state index contributed by atoms with van der Waals surface area (Å²) in [5, 5.41) is 7.12. The Kier molecular flexibility index (Phi) is 7.47. The number of carboxylic acid groups (broad SMARTS) is 1. The molecule has 2 saturated heterocycles. The van der Waals surface area contributed by atoms with Crippen LogP contribution in [-0.2, 0) is 14.3 Å². The van der Waals surface area contributed by atoms with Crippen LogP contribution in [0.15, 0.2) is 0 Å². The highest BCUT2D eigenvalue weighted by Gasteiger charge is 2.40. The highest BCUT2D eigenvalue weighted by Crippen LogP contribution is 2.35. The molecule has 2 rings (SSSR count). The van der Waals surface area contributed by atoms with Crippen LogP contribution >= 0.6 is 0 Å². The molecule has 2 fully saturated rings. The molecule has 3 atom stereocenters. The standard InChI is InChI=1S/C13H24N2O2.C2HF3O2/c1-4-12-11-5-6-15(7-10(11)9-17-12)13(16)8-14(2)3;3-2(4,5)1(6)7/h10-12H,4-9H2,1-3H3;(H,6,7)/t10-,11-,12-;/m1./s1. The van der Waals surface area contributed by atoms with Crippen LogP contribution in [0.1, 0.15) is 19.8 Å². The van der Waals surface area contributed by atoms with Crippen LogP contribution in [0, 0.1) is 11.8 Å². The summed E-state index contributed by atoms with van der Waals surface area (Å²) in [4.78, 5) is 24.8. The number of fused-ring (bicyclic) bond motifs is 1. The molecule has 0 unspecified atom stereocenters. The van der Waals surface area contributed by atoms with Gasteiger partial charge in [-0.25, -0.2) is 4.79 Å². The van der Waals surface area contributed by atoms with E-state index in [1.165, 1.54) is 0 Å². The van der Waals surface area contributed by atoms with Gasteiger partial charge in [-0.05, 0) is 32.9 Å². The first kappa shape index (κ1) is 20.7. The molecule has 0 bridgehead atoms. The van der Waals surface area contributed by atoms with Crippen molar-refractivity contribution in [2.24, 2.45) is 11.8 Å². The van der Waals surface area contributed by atoms with Crippen LogP contribution in [-0.4, -0.2) is 79.4 Å². The van der Waals surface area contributed by atoms with Crippen molar-refractivity contribution >= 4 is 11.9 Å². The van der Waals surface area contributed by atoms with E-state index in [0.717, 1.165) is 32.5 Å². The van der Waals surface area contributed by atoms with Crippen molar-refractivity contribution in [1.29, 1.82) is 0 Å².